The number of nitrogens with one attached hydrogen (secondary N) is 3. The molecule has 0 aliphatic carbocycles. The zero-order valence-electron chi connectivity index (χ0n) is 10.3. The van der Waals surface area contributed by atoms with Gasteiger partial charge in [0.15, 0.2) is 5.78 Å². The first-order valence-corrected chi connectivity index (χ1v) is 5.45. The summed E-state index contributed by atoms with van der Waals surface area (Å²) in [5.74, 6) is -1.27. The maximum Gasteiger partial charge on any atom is 0.239 e. The molecule has 1 aliphatic rings. The van der Waals surface area contributed by atoms with Gasteiger partial charge in [-0.25, -0.2) is 6.29 Å². The van der Waals surface area contributed by atoms with E-state index in [0.717, 1.165) is 0 Å². The Bertz CT molecular complexity index is 363. The molecule has 2 unspecified atom stereocenters. The normalized spacial score (nSPS) is 26.1. The molecule has 0 bridgehead atoms. The van der Waals surface area contributed by atoms with E-state index in [4.69, 9.17) is 5.73 Å². The van der Waals surface area contributed by atoms with E-state index < -0.39 is 23.9 Å². The Morgan fingerprint density at radius 3 is 2.42 bits per heavy atom. The minimum atomic E-state index is -0.952. The van der Waals surface area contributed by atoms with E-state index in [9.17, 15) is 19.2 Å². The van der Waals surface area contributed by atoms with Gasteiger partial charge in [-0.2, -0.15) is 0 Å². The van der Waals surface area contributed by atoms with Crippen LogP contribution in [0, 0.1) is 0 Å². The van der Waals surface area contributed by atoms with Gasteiger partial charge in [0.25, 0.3) is 0 Å². The molecule has 1 heterocycles. The Morgan fingerprint density at radius 2 is 1.79 bits per heavy atom. The van der Waals surface area contributed by atoms with Crippen molar-refractivity contribution in [3.05, 3.63) is 0 Å². The Labute approximate surface area is 135 Å². The number of carbonyl (C=O) groups is 3. The summed E-state index contributed by atoms with van der Waals surface area (Å²) in [7, 11) is 0. The average molecular weight is 344 g/mol. The molecule has 0 saturated carbocycles. The monoisotopic (exact) mass is 344 g/mol. The largest absolute Gasteiger partial charge is 0.540 e. The zero-order valence-corrected chi connectivity index (χ0v) is 13.1. The Morgan fingerprint density at radius 1 is 1.11 bits per heavy atom. The fraction of sp³-hybridized carbons (Fsp3) is 0.600. The number of carbonyl (C=O) groups excluding carboxylic acids is 4. The number of hydrogen-bond acceptors (Lipinski definition) is 6. The third-order valence-corrected chi connectivity index (χ3v) is 2.43. The van der Waals surface area contributed by atoms with Crippen LogP contribution in [0.1, 0.15) is 6.42 Å². The molecule has 0 aromatic heterocycles. The number of amides is 2. The van der Waals surface area contributed by atoms with Crippen LogP contribution in [0.2, 0.25) is 0 Å². The molecule has 2 amide bonds. The summed E-state index contributed by atoms with van der Waals surface area (Å²) in [6.45, 7) is -0.365. The zero-order chi connectivity index (χ0) is 13.5. The van der Waals surface area contributed by atoms with E-state index in [1.54, 1.807) is 6.29 Å². The van der Waals surface area contributed by atoms with E-state index in [0.29, 0.717) is 0 Å². The minimum Gasteiger partial charge on any atom is -0.540 e. The summed E-state index contributed by atoms with van der Waals surface area (Å²) < 4.78 is 0. The standard InChI is InChI=1S/C10H15N4O4.Y/c11-7-1-9(17)14-4-10(18)13-2-6(5-15)12-3-8(7)16;/h6-7,12H,1-4,11H2,(H,13,18)(H,14,17);/q-1;. The molecule has 1 rings (SSSR count). The molecule has 1 saturated heterocycles. The molecule has 1 aliphatic heterocycles. The third-order valence-electron chi connectivity index (χ3n) is 2.43. The average Bonchev–Trinajstić information content (AvgIpc) is 2.34. The van der Waals surface area contributed by atoms with Crippen LogP contribution in [0.4, 0.5) is 0 Å². The molecular formula is C10H15N4O4Y-. The van der Waals surface area contributed by atoms with Gasteiger partial charge in [0.05, 0.1) is 19.1 Å². The van der Waals surface area contributed by atoms with Crippen molar-refractivity contribution >= 4 is 23.9 Å². The summed E-state index contributed by atoms with van der Waals surface area (Å²) in [6, 6.07) is -1.73. The predicted molar refractivity (Wildman–Crippen MR) is 61.1 cm³/mol. The first kappa shape index (κ1) is 18.3. The SMILES string of the molecule is NC1CC(=O)NCC(=O)NCC([C-]=O)NCC1=O.[Y]. The topological polar surface area (TPSA) is 130 Å². The van der Waals surface area contributed by atoms with Gasteiger partial charge >= 0.3 is 0 Å². The summed E-state index contributed by atoms with van der Waals surface area (Å²) >= 11 is 0. The van der Waals surface area contributed by atoms with Crippen molar-refractivity contribution in [2.75, 3.05) is 19.6 Å². The Hall–Kier alpha value is -0.696. The van der Waals surface area contributed by atoms with E-state index in [2.05, 4.69) is 16.0 Å². The Balaban J connectivity index is 0.00000324. The number of Topliss-reactive ketones (excluding diaryl/α,β-unsaturated/α-hetero) is 1. The molecule has 0 aromatic rings. The van der Waals surface area contributed by atoms with Gasteiger partial charge in [-0.05, 0) is 0 Å². The molecule has 9 heteroatoms. The van der Waals surface area contributed by atoms with Gasteiger partial charge in [-0.3, -0.25) is 14.4 Å². The molecule has 0 spiro atoms. The third kappa shape index (κ3) is 6.86. The molecule has 19 heavy (non-hydrogen) atoms. The van der Waals surface area contributed by atoms with Crippen molar-refractivity contribution < 1.29 is 51.9 Å². The summed E-state index contributed by atoms with van der Waals surface area (Å²) in [5.41, 5.74) is 5.52. The van der Waals surface area contributed by atoms with Crippen molar-refractivity contribution in [3.63, 3.8) is 0 Å². The fourth-order valence-electron chi connectivity index (χ4n) is 1.35. The van der Waals surface area contributed by atoms with E-state index in [1.165, 1.54) is 0 Å². The summed E-state index contributed by atoms with van der Waals surface area (Å²) in [4.78, 5) is 44.7. The van der Waals surface area contributed by atoms with Crippen LogP contribution in [-0.2, 0) is 51.9 Å². The number of hydrogen-bond donors (Lipinski definition) is 4. The van der Waals surface area contributed by atoms with Crippen LogP contribution >= 0.6 is 0 Å². The minimum absolute atomic E-state index is 0. The van der Waals surface area contributed by atoms with Gasteiger partial charge in [0.2, 0.25) is 11.8 Å². The van der Waals surface area contributed by atoms with Gasteiger partial charge in [0.1, 0.15) is 0 Å². The van der Waals surface area contributed by atoms with Crippen molar-refractivity contribution in [3.8, 4) is 0 Å². The van der Waals surface area contributed by atoms with Gasteiger partial charge in [-0.1, -0.05) is 6.04 Å². The van der Waals surface area contributed by atoms with E-state index in [-0.39, 0.29) is 64.5 Å². The van der Waals surface area contributed by atoms with E-state index in [1.807, 2.05) is 0 Å². The van der Waals surface area contributed by atoms with Crippen LogP contribution < -0.4 is 21.7 Å². The number of nitrogens with two attached hydrogens (primary N) is 1. The van der Waals surface area contributed by atoms with Crippen LogP contribution in [0.3, 0.4) is 0 Å². The van der Waals surface area contributed by atoms with Gasteiger partial charge < -0.3 is 26.5 Å². The fourth-order valence-corrected chi connectivity index (χ4v) is 1.35. The molecule has 103 valence electrons. The van der Waals surface area contributed by atoms with Gasteiger partial charge in [-0.15, -0.1) is 0 Å². The molecule has 5 N–H and O–H groups in total. The predicted octanol–water partition coefficient (Wildman–Crippen LogP) is -3.42. The van der Waals surface area contributed by atoms with Gasteiger partial charge in [0, 0.05) is 45.7 Å². The second-order valence-corrected chi connectivity index (χ2v) is 3.91. The molecule has 1 fully saturated rings. The molecule has 8 nitrogen and oxygen atoms in total. The second-order valence-electron chi connectivity index (χ2n) is 3.91. The molecule has 1 radical (unpaired) electrons. The van der Waals surface area contributed by atoms with Crippen LogP contribution in [0.15, 0.2) is 0 Å². The van der Waals surface area contributed by atoms with Crippen molar-refractivity contribution in [2.45, 2.75) is 18.5 Å². The quantitative estimate of drug-likeness (QED) is 0.367. The van der Waals surface area contributed by atoms with E-state index >= 15 is 0 Å². The first-order valence-electron chi connectivity index (χ1n) is 5.45. The number of rotatable bonds is 1. The second kappa shape index (κ2) is 9.25. The molecular weight excluding hydrogens is 329 g/mol. The maximum atomic E-state index is 11.5. The van der Waals surface area contributed by atoms with Crippen molar-refractivity contribution in [1.82, 2.24) is 16.0 Å². The van der Waals surface area contributed by atoms with Crippen molar-refractivity contribution in [1.29, 1.82) is 0 Å². The first-order chi connectivity index (χ1) is 8.52. The summed E-state index contributed by atoms with van der Waals surface area (Å²) in [6.07, 6.45) is 1.47. The number of ketones is 1. The molecule has 0 aromatic carbocycles. The Kier molecular flexibility index (Phi) is 8.91. The van der Waals surface area contributed by atoms with Crippen LogP contribution in [-0.4, -0.2) is 55.6 Å². The molecule has 2 atom stereocenters. The maximum absolute atomic E-state index is 11.5. The smallest absolute Gasteiger partial charge is 0.239 e. The summed E-state index contributed by atoms with van der Waals surface area (Å²) in [5, 5.41) is 7.36. The van der Waals surface area contributed by atoms with Crippen LogP contribution in [0.25, 0.3) is 0 Å². The van der Waals surface area contributed by atoms with Crippen LogP contribution in [0.5, 0.6) is 0 Å². The van der Waals surface area contributed by atoms with Crippen molar-refractivity contribution in [2.24, 2.45) is 5.73 Å².